The van der Waals surface area contributed by atoms with Crippen LogP contribution in [0.15, 0.2) is 24.3 Å². The Balaban J connectivity index is 1.26. The van der Waals surface area contributed by atoms with E-state index in [0.29, 0.717) is 18.7 Å². The molecule has 1 aromatic carbocycles. The van der Waals surface area contributed by atoms with Crippen molar-refractivity contribution in [3.8, 4) is 6.07 Å². The first kappa shape index (κ1) is 21.7. The molecule has 4 fully saturated rings. The van der Waals surface area contributed by atoms with Crippen LogP contribution in [0.3, 0.4) is 0 Å². The standard InChI is InChI=1S/C25H34N4O2/c1-3-29(17(2)22-6-4-18(16-26)5-7-22)23(30)8-9-27-24(31)28-25-13-19-10-20(14-25)12-21(11-19)15-25/h4-7,17,19-21H,3,8-15H2,1-2H3,(H2,27,28,31). The molecule has 0 saturated heterocycles. The monoisotopic (exact) mass is 422 g/mol. The first-order valence-corrected chi connectivity index (χ1v) is 11.8. The molecule has 0 aromatic heterocycles. The fourth-order valence-electron chi connectivity index (χ4n) is 6.66. The van der Waals surface area contributed by atoms with Gasteiger partial charge in [0.2, 0.25) is 5.91 Å². The van der Waals surface area contributed by atoms with Crippen LogP contribution in [0.2, 0.25) is 0 Å². The van der Waals surface area contributed by atoms with Gasteiger partial charge >= 0.3 is 6.03 Å². The van der Waals surface area contributed by atoms with Gasteiger partial charge in [-0.3, -0.25) is 4.79 Å². The normalized spacial score (nSPS) is 29.1. The Labute approximate surface area is 185 Å². The molecule has 0 heterocycles. The fraction of sp³-hybridized carbons (Fsp3) is 0.640. The van der Waals surface area contributed by atoms with Gasteiger partial charge in [-0.25, -0.2) is 4.79 Å². The number of nitrogens with zero attached hydrogens (tertiary/aromatic N) is 2. The van der Waals surface area contributed by atoms with Gasteiger partial charge in [0, 0.05) is 25.0 Å². The maximum Gasteiger partial charge on any atom is 0.315 e. The summed E-state index contributed by atoms with van der Waals surface area (Å²) in [5.74, 6) is 2.38. The van der Waals surface area contributed by atoms with E-state index in [2.05, 4.69) is 16.7 Å². The molecule has 1 aromatic rings. The van der Waals surface area contributed by atoms with Crippen molar-refractivity contribution in [2.24, 2.45) is 17.8 Å². The highest BCUT2D eigenvalue weighted by Gasteiger charge is 2.51. The second-order valence-corrected chi connectivity index (χ2v) is 9.92. The van der Waals surface area contributed by atoms with Gasteiger partial charge in [0.1, 0.15) is 0 Å². The molecular weight excluding hydrogens is 388 g/mol. The Morgan fingerprint density at radius 3 is 2.23 bits per heavy atom. The van der Waals surface area contributed by atoms with Crippen LogP contribution >= 0.6 is 0 Å². The number of carbonyl (C=O) groups excluding carboxylic acids is 2. The molecule has 1 unspecified atom stereocenters. The highest BCUT2D eigenvalue weighted by atomic mass is 16.2. The van der Waals surface area contributed by atoms with Gasteiger partial charge in [-0.1, -0.05) is 12.1 Å². The summed E-state index contributed by atoms with van der Waals surface area (Å²) in [6.07, 6.45) is 7.69. The molecule has 166 valence electrons. The molecule has 4 aliphatic rings. The summed E-state index contributed by atoms with van der Waals surface area (Å²) >= 11 is 0. The predicted octanol–water partition coefficient (Wildman–Crippen LogP) is 4.13. The van der Waals surface area contributed by atoms with Crippen LogP contribution in [0.25, 0.3) is 0 Å². The van der Waals surface area contributed by atoms with E-state index >= 15 is 0 Å². The molecule has 6 nitrogen and oxygen atoms in total. The van der Waals surface area contributed by atoms with E-state index < -0.39 is 0 Å². The van der Waals surface area contributed by atoms with Gasteiger partial charge in [-0.15, -0.1) is 0 Å². The number of hydrogen-bond donors (Lipinski definition) is 2. The number of carbonyl (C=O) groups is 2. The Bertz CT molecular complexity index is 822. The Hall–Kier alpha value is -2.55. The smallest absolute Gasteiger partial charge is 0.315 e. The second kappa shape index (κ2) is 8.90. The van der Waals surface area contributed by atoms with E-state index in [-0.39, 0.29) is 29.9 Å². The van der Waals surface area contributed by atoms with Crippen molar-refractivity contribution < 1.29 is 9.59 Å². The Morgan fingerprint density at radius 1 is 1.13 bits per heavy atom. The molecule has 1 atom stereocenters. The number of hydrogen-bond acceptors (Lipinski definition) is 3. The number of urea groups is 1. The van der Waals surface area contributed by atoms with Crippen molar-refractivity contribution in [2.75, 3.05) is 13.1 Å². The zero-order valence-electron chi connectivity index (χ0n) is 18.7. The summed E-state index contributed by atoms with van der Waals surface area (Å²) in [4.78, 5) is 27.2. The fourth-order valence-corrected chi connectivity index (χ4v) is 6.66. The van der Waals surface area contributed by atoms with Gasteiger partial charge in [-0.05, 0) is 87.8 Å². The summed E-state index contributed by atoms with van der Waals surface area (Å²) in [7, 11) is 0. The molecule has 0 radical (unpaired) electrons. The third kappa shape index (κ3) is 4.71. The van der Waals surface area contributed by atoms with Crippen molar-refractivity contribution in [3.63, 3.8) is 0 Å². The maximum absolute atomic E-state index is 12.8. The average molecular weight is 423 g/mol. The van der Waals surface area contributed by atoms with E-state index in [1.807, 2.05) is 30.9 Å². The molecule has 2 N–H and O–H groups in total. The van der Waals surface area contributed by atoms with Crippen molar-refractivity contribution in [1.29, 1.82) is 5.26 Å². The van der Waals surface area contributed by atoms with Crippen molar-refractivity contribution >= 4 is 11.9 Å². The average Bonchev–Trinajstić information content (AvgIpc) is 2.73. The van der Waals surface area contributed by atoms with Gasteiger partial charge in [0.15, 0.2) is 0 Å². The van der Waals surface area contributed by atoms with Crippen molar-refractivity contribution in [3.05, 3.63) is 35.4 Å². The van der Waals surface area contributed by atoms with Crippen molar-refractivity contribution in [1.82, 2.24) is 15.5 Å². The molecule has 6 heteroatoms. The maximum atomic E-state index is 12.8. The van der Waals surface area contributed by atoms with Gasteiger partial charge in [0.25, 0.3) is 0 Å². The van der Waals surface area contributed by atoms with Crippen LogP contribution in [-0.2, 0) is 4.79 Å². The molecule has 31 heavy (non-hydrogen) atoms. The number of benzene rings is 1. The minimum atomic E-state index is -0.127. The molecule has 0 aliphatic heterocycles. The van der Waals surface area contributed by atoms with E-state index in [4.69, 9.17) is 5.26 Å². The summed E-state index contributed by atoms with van der Waals surface area (Å²) in [6.45, 7) is 4.90. The Kier molecular flexibility index (Phi) is 6.22. The molecule has 3 amide bonds. The zero-order chi connectivity index (χ0) is 22.0. The van der Waals surface area contributed by atoms with E-state index in [9.17, 15) is 9.59 Å². The lowest BCUT2D eigenvalue weighted by molar-refractivity contribution is -0.133. The molecule has 4 saturated carbocycles. The quantitative estimate of drug-likeness (QED) is 0.693. The SMILES string of the molecule is CCN(C(=O)CCNC(=O)NC12CC3CC(CC(C3)C1)C2)C(C)c1ccc(C#N)cc1. The summed E-state index contributed by atoms with van der Waals surface area (Å²) in [6, 6.07) is 9.27. The summed E-state index contributed by atoms with van der Waals surface area (Å²) < 4.78 is 0. The predicted molar refractivity (Wildman–Crippen MR) is 119 cm³/mol. The molecule has 4 aliphatic carbocycles. The molecule has 4 bridgehead atoms. The van der Waals surface area contributed by atoms with E-state index in [1.165, 1.54) is 19.3 Å². The van der Waals surface area contributed by atoms with Crippen LogP contribution in [0.5, 0.6) is 0 Å². The highest BCUT2D eigenvalue weighted by molar-refractivity contribution is 5.79. The van der Waals surface area contributed by atoms with Crippen LogP contribution in [0, 0.1) is 29.1 Å². The third-order valence-corrected chi connectivity index (χ3v) is 7.69. The van der Waals surface area contributed by atoms with Gasteiger partial charge in [0.05, 0.1) is 17.7 Å². The molecule has 0 spiro atoms. The minimum absolute atomic E-state index is 0.0115. The van der Waals surface area contributed by atoms with Gasteiger partial charge < -0.3 is 15.5 Å². The van der Waals surface area contributed by atoms with Crippen LogP contribution in [-0.4, -0.2) is 35.5 Å². The highest BCUT2D eigenvalue weighted by Crippen LogP contribution is 2.55. The minimum Gasteiger partial charge on any atom is -0.338 e. The van der Waals surface area contributed by atoms with Crippen LogP contribution in [0.4, 0.5) is 4.79 Å². The number of amides is 3. The molecular formula is C25H34N4O2. The first-order valence-electron chi connectivity index (χ1n) is 11.8. The second-order valence-electron chi connectivity index (χ2n) is 9.92. The lowest BCUT2D eigenvalue weighted by Gasteiger charge is -2.56. The number of rotatable bonds is 7. The summed E-state index contributed by atoms with van der Waals surface area (Å²) in [5, 5.41) is 15.2. The topological polar surface area (TPSA) is 85.2 Å². The van der Waals surface area contributed by atoms with Gasteiger partial charge in [-0.2, -0.15) is 5.26 Å². The van der Waals surface area contributed by atoms with Crippen LogP contribution in [0.1, 0.15) is 76.0 Å². The largest absolute Gasteiger partial charge is 0.338 e. The van der Waals surface area contributed by atoms with E-state index in [0.717, 1.165) is 42.6 Å². The third-order valence-electron chi connectivity index (χ3n) is 7.69. The lowest BCUT2D eigenvalue weighted by atomic mass is 9.53. The zero-order valence-corrected chi connectivity index (χ0v) is 18.7. The Morgan fingerprint density at radius 2 is 1.71 bits per heavy atom. The lowest BCUT2D eigenvalue weighted by Crippen LogP contribution is -2.61. The summed E-state index contributed by atoms with van der Waals surface area (Å²) in [5.41, 5.74) is 1.60. The van der Waals surface area contributed by atoms with Crippen molar-refractivity contribution in [2.45, 2.75) is 70.4 Å². The number of nitrogens with one attached hydrogen (secondary N) is 2. The first-order chi connectivity index (χ1) is 14.9. The van der Waals surface area contributed by atoms with Crippen LogP contribution < -0.4 is 10.6 Å². The number of nitriles is 1. The molecule has 5 rings (SSSR count). The van der Waals surface area contributed by atoms with E-state index in [1.54, 1.807) is 12.1 Å².